The molecule has 0 unspecified atom stereocenters. The van der Waals surface area contributed by atoms with Crippen LogP contribution >= 0.6 is 24.8 Å². The van der Waals surface area contributed by atoms with Gasteiger partial charge in [0.05, 0.1) is 6.33 Å². The number of carbonyl (C=O) groups excluding carboxylic acids is 1. The Kier molecular flexibility index (Phi) is 8.83. The van der Waals surface area contributed by atoms with Crippen LogP contribution in [0, 0.1) is 5.92 Å². The van der Waals surface area contributed by atoms with Gasteiger partial charge in [0.1, 0.15) is 0 Å². The molecule has 3 aliphatic carbocycles. The second-order valence-electron chi connectivity index (χ2n) is 10.9. The number of rotatable bonds is 6. The molecule has 1 amide bonds. The minimum atomic E-state index is 0. The van der Waals surface area contributed by atoms with Crippen molar-refractivity contribution in [3.8, 4) is 0 Å². The van der Waals surface area contributed by atoms with E-state index in [1.807, 2.05) is 6.33 Å². The molecular formula is C25H40Cl2N8O. The molecule has 36 heavy (non-hydrogen) atoms. The monoisotopic (exact) mass is 538 g/mol. The van der Waals surface area contributed by atoms with Crippen molar-refractivity contribution in [1.82, 2.24) is 24.4 Å². The lowest BCUT2D eigenvalue weighted by atomic mass is 9.92. The Bertz CT molecular complexity index is 1020. The summed E-state index contributed by atoms with van der Waals surface area (Å²) in [4.78, 5) is 29.1. The van der Waals surface area contributed by atoms with Crippen LogP contribution in [0.2, 0.25) is 0 Å². The van der Waals surface area contributed by atoms with Crippen molar-refractivity contribution in [3.05, 3.63) is 6.33 Å². The third kappa shape index (κ3) is 5.83. The van der Waals surface area contributed by atoms with Crippen LogP contribution in [0.3, 0.4) is 0 Å². The van der Waals surface area contributed by atoms with Gasteiger partial charge in [0.2, 0.25) is 11.9 Å². The summed E-state index contributed by atoms with van der Waals surface area (Å²) in [6.45, 7) is 1.65. The van der Waals surface area contributed by atoms with Crippen LogP contribution in [0.25, 0.3) is 11.2 Å². The van der Waals surface area contributed by atoms with Gasteiger partial charge in [-0.15, -0.1) is 24.8 Å². The van der Waals surface area contributed by atoms with Gasteiger partial charge in [0, 0.05) is 43.2 Å². The van der Waals surface area contributed by atoms with E-state index in [1.165, 1.54) is 25.7 Å². The number of aromatic nitrogens is 4. The van der Waals surface area contributed by atoms with E-state index >= 15 is 0 Å². The molecule has 3 heterocycles. The van der Waals surface area contributed by atoms with Crippen LogP contribution in [-0.2, 0) is 4.79 Å². The van der Waals surface area contributed by atoms with Crippen LogP contribution in [-0.4, -0.2) is 61.5 Å². The van der Waals surface area contributed by atoms with E-state index in [0.717, 1.165) is 81.4 Å². The van der Waals surface area contributed by atoms with E-state index < -0.39 is 0 Å². The second-order valence-corrected chi connectivity index (χ2v) is 10.9. The van der Waals surface area contributed by atoms with Crippen LogP contribution < -0.4 is 16.4 Å². The number of halogens is 2. The molecule has 11 heteroatoms. The average Bonchev–Trinajstić information content (AvgIpc) is 3.38. The molecule has 4 N–H and O–H groups in total. The number of likely N-dealkylation sites (tertiary alicyclic amines) is 1. The first-order valence-corrected chi connectivity index (χ1v) is 13.5. The van der Waals surface area contributed by atoms with E-state index in [2.05, 4.69) is 20.1 Å². The highest BCUT2D eigenvalue weighted by atomic mass is 35.5. The maximum atomic E-state index is 12.4. The first-order chi connectivity index (χ1) is 16.6. The van der Waals surface area contributed by atoms with Gasteiger partial charge in [-0.25, -0.2) is 4.98 Å². The standard InChI is InChI=1S/C25H38N8O.2ClH/c26-17-7-9-18(10-8-17)29-25-30-22(21-23(31-25)33(15-27-21)20-3-1-2-4-20)28-19-11-13-32(14-12-19)24(34)16-5-6-16;;/h15-20H,1-14,26H2,(H2,28,29,30,31);2*1H. The number of fused-ring (bicyclic) bond motifs is 1. The maximum Gasteiger partial charge on any atom is 0.227 e. The fourth-order valence-electron chi connectivity index (χ4n) is 6.00. The van der Waals surface area contributed by atoms with E-state index in [9.17, 15) is 4.79 Å². The molecule has 6 rings (SSSR count). The Labute approximate surface area is 225 Å². The number of hydrogen-bond acceptors (Lipinski definition) is 7. The van der Waals surface area contributed by atoms with E-state index in [-0.39, 0.29) is 24.8 Å². The topological polar surface area (TPSA) is 114 Å². The summed E-state index contributed by atoms with van der Waals surface area (Å²) >= 11 is 0. The predicted molar refractivity (Wildman–Crippen MR) is 147 cm³/mol. The van der Waals surface area contributed by atoms with E-state index in [0.29, 0.717) is 41.9 Å². The van der Waals surface area contributed by atoms with Crippen molar-refractivity contribution in [2.75, 3.05) is 23.7 Å². The molecule has 0 atom stereocenters. The van der Waals surface area contributed by atoms with Crippen LogP contribution in [0.5, 0.6) is 0 Å². The zero-order chi connectivity index (χ0) is 23.1. The lowest BCUT2D eigenvalue weighted by Gasteiger charge is -2.33. The first kappa shape index (κ1) is 27.2. The molecule has 1 aliphatic heterocycles. The highest BCUT2D eigenvalue weighted by molar-refractivity contribution is 5.86. The molecule has 0 radical (unpaired) electrons. The van der Waals surface area contributed by atoms with Crippen LogP contribution in [0.15, 0.2) is 6.33 Å². The quantitative estimate of drug-likeness (QED) is 0.502. The summed E-state index contributed by atoms with van der Waals surface area (Å²) in [7, 11) is 0. The number of nitrogens with zero attached hydrogens (tertiary/aromatic N) is 5. The Balaban J connectivity index is 0.00000152. The molecule has 0 bridgehead atoms. The van der Waals surface area contributed by atoms with Crippen molar-refractivity contribution in [2.45, 2.75) is 101 Å². The average molecular weight is 540 g/mol. The Morgan fingerprint density at radius 3 is 2.19 bits per heavy atom. The summed E-state index contributed by atoms with van der Waals surface area (Å²) in [5, 5.41) is 7.30. The van der Waals surface area contributed by atoms with E-state index in [1.54, 1.807) is 0 Å². The summed E-state index contributed by atoms with van der Waals surface area (Å²) in [6.07, 6.45) is 15.1. The Morgan fingerprint density at radius 1 is 0.861 bits per heavy atom. The third-order valence-corrected chi connectivity index (χ3v) is 8.32. The van der Waals surface area contributed by atoms with Gasteiger partial charge in [0.25, 0.3) is 0 Å². The number of amides is 1. The van der Waals surface area contributed by atoms with Crippen molar-refractivity contribution in [1.29, 1.82) is 0 Å². The SMILES string of the molecule is Cl.Cl.NC1CCC(Nc2nc(NC3CCN(C(=O)C4CC4)CC3)c3ncn(C4CCCC4)c3n2)CC1. The molecule has 9 nitrogen and oxygen atoms in total. The number of imidazole rings is 1. The summed E-state index contributed by atoms with van der Waals surface area (Å²) < 4.78 is 2.27. The van der Waals surface area contributed by atoms with E-state index in [4.69, 9.17) is 20.7 Å². The summed E-state index contributed by atoms with van der Waals surface area (Å²) in [5.74, 6) is 2.17. The lowest BCUT2D eigenvalue weighted by Crippen LogP contribution is -2.43. The zero-order valence-electron chi connectivity index (χ0n) is 20.9. The predicted octanol–water partition coefficient (Wildman–Crippen LogP) is 4.28. The van der Waals surface area contributed by atoms with Crippen molar-refractivity contribution in [2.24, 2.45) is 11.7 Å². The van der Waals surface area contributed by atoms with Gasteiger partial charge in [-0.2, -0.15) is 9.97 Å². The van der Waals surface area contributed by atoms with Crippen LogP contribution in [0.1, 0.15) is 83.1 Å². The molecule has 0 aromatic carbocycles. The van der Waals surface area contributed by atoms with Gasteiger partial charge in [-0.3, -0.25) is 4.79 Å². The van der Waals surface area contributed by atoms with Crippen molar-refractivity contribution in [3.63, 3.8) is 0 Å². The van der Waals surface area contributed by atoms with Gasteiger partial charge in [-0.05, 0) is 64.2 Å². The lowest BCUT2D eigenvalue weighted by molar-refractivity contribution is -0.133. The van der Waals surface area contributed by atoms with Gasteiger partial charge in [0.15, 0.2) is 17.0 Å². The van der Waals surface area contributed by atoms with Gasteiger partial charge >= 0.3 is 0 Å². The fraction of sp³-hybridized carbons (Fsp3) is 0.760. The molecular weight excluding hydrogens is 499 g/mol. The molecule has 4 aliphatic rings. The number of carbonyl (C=O) groups is 1. The molecule has 1 saturated heterocycles. The highest BCUT2D eigenvalue weighted by Crippen LogP contribution is 2.35. The number of hydrogen-bond donors (Lipinski definition) is 3. The van der Waals surface area contributed by atoms with Crippen molar-refractivity contribution < 1.29 is 4.79 Å². The number of anilines is 2. The second kappa shape index (κ2) is 11.7. The Morgan fingerprint density at radius 2 is 1.53 bits per heavy atom. The summed E-state index contributed by atoms with van der Waals surface area (Å²) in [6, 6.07) is 1.45. The smallest absolute Gasteiger partial charge is 0.227 e. The molecule has 4 fully saturated rings. The molecule has 3 saturated carbocycles. The molecule has 0 spiro atoms. The highest BCUT2D eigenvalue weighted by Gasteiger charge is 2.35. The van der Waals surface area contributed by atoms with Crippen LogP contribution in [0.4, 0.5) is 11.8 Å². The first-order valence-electron chi connectivity index (χ1n) is 13.5. The largest absolute Gasteiger partial charge is 0.365 e. The van der Waals surface area contributed by atoms with Crippen molar-refractivity contribution >= 4 is 53.7 Å². The molecule has 200 valence electrons. The number of nitrogens with one attached hydrogen (secondary N) is 2. The fourth-order valence-corrected chi connectivity index (χ4v) is 6.00. The Hall–Kier alpha value is -1.84. The zero-order valence-corrected chi connectivity index (χ0v) is 22.5. The minimum absolute atomic E-state index is 0. The van der Waals surface area contributed by atoms with Gasteiger partial charge in [-0.1, -0.05) is 12.8 Å². The third-order valence-electron chi connectivity index (χ3n) is 8.32. The molecule has 2 aromatic rings. The number of nitrogens with two attached hydrogens (primary N) is 1. The molecule has 2 aromatic heterocycles. The normalized spacial score (nSPS) is 25.3. The summed E-state index contributed by atoms with van der Waals surface area (Å²) in [5.41, 5.74) is 7.90. The van der Waals surface area contributed by atoms with Gasteiger partial charge < -0.3 is 25.8 Å². The number of piperidine rings is 1. The minimum Gasteiger partial charge on any atom is -0.365 e. The maximum absolute atomic E-state index is 12.4.